The Morgan fingerprint density at radius 1 is 1.47 bits per heavy atom. The summed E-state index contributed by atoms with van der Waals surface area (Å²) in [6.07, 6.45) is -0.680. The van der Waals surface area contributed by atoms with Crippen LogP contribution in [0.3, 0.4) is 0 Å². The highest BCUT2D eigenvalue weighted by Gasteiger charge is 2.05. The molecule has 3 nitrogen and oxygen atoms in total. The smallest absolute Gasteiger partial charge is 0.0864 e. The van der Waals surface area contributed by atoms with E-state index >= 15 is 0 Å². The van der Waals surface area contributed by atoms with Crippen LogP contribution >= 0.6 is 23.4 Å². The average Bonchev–Trinajstić information content (AvgIpc) is 2.34. The minimum Gasteiger partial charge on any atom is -0.394 e. The fourth-order valence-corrected chi connectivity index (χ4v) is 2.43. The molecule has 3 N–H and O–H groups in total. The number of halogens is 1. The van der Waals surface area contributed by atoms with Gasteiger partial charge in [0.2, 0.25) is 0 Å². The maximum atomic E-state index is 9.25. The lowest BCUT2D eigenvalue weighted by Gasteiger charge is -2.09. The van der Waals surface area contributed by atoms with Crippen LogP contribution in [0.25, 0.3) is 0 Å². The second-order valence-electron chi connectivity index (χ2n) is 3.68. The van der Waals surface area contributed by atoms with Crippen molar-refractivity contribution >= 4 is 23.4 Å². The summed E-state index contributed by atoms with van der Waals surface area (Å²) in [6.45, 7) is 3.52. The summed E-state index contributed by atoms with van der Waals surface area (Å²) in [5, 5.41) is 21.9. The van der Waals surface area contributed by atoms with E-state index in [0.29, 0.717) is 5.75 Å². The Morgan fingerprint density at radius 2 is 2.24 bits per heavy atom. The van der Waals surface area contributed by atoms with E-state index < -0.39 is 6.10 Å². The van der Waals surface area contributed by atoms with Gasteiger partial charge in [-0.1, -0.05) is 24.6 Å². The number of hydrogen-bond donors (Lipinski definition) is 3. The second kappa shape index (κ2) is 7.95. The van der Waals surface area contributed by atoms with E-state index in [-0.39, 0.29) is 6.61 Å². The third kappa shape index (κ3) is 5.27. The molecule has 0 fully saturated rings. The van der Waals surface area contributed by atoms with Crippen molar-refractivity contribution in [1.82, 2.24) is 5.32 Å². The number of hydrogen-bond acceptors (Lipinski definition) is 4. The number of aliphatic hydroxyl groups excluding tert-OH is 2. The maximum absolute atomic E-state index is 9.25. The molecule has 1 unspecified atom stereocenters. The number of nitrogens with one attached hydrogen (secondary N) is 1. The highest BCUT2D eigenvalue weighted by atomic mass is 35.5. The molecule has 0 bridgehead atoms. The highest BCUT2D eigenvalue weighted by Crippen LogP contribution is 2.25. The fourth-order valence-electron chi connectivity index (χ4n) is 1.27. The average molecular weight is 276 g/mol. The Labute approximate surface area is 111 Å². The van der Waals surface area contributed by atoms with Gasteiger partial charge in [-0.2, -0.15) is 0 Å². The van der Waals surface area contributed by atoms with Gasteiger partial charge < -0.3 is 15.5 Å². The quantitative estimate of drug-likeness (QED) is 0.666. The predicted octanol–water partition coefficient (Wildman–Crippen LogP) is 1.89. The third-order valence-corrected chi connectivity index (χ3v) is 3.73. The van der Waals surface area contributed by atoms with Gasteiger partial charge in [0.1, 0.15) is 0 Å². The van der Waals surface area contributed by atoms with Gasteiger partial charge in [0, 0.05) is 22.2 Å². The normalized spacial score (nSPS) is 12.7. The molecule has 0 radical (unpaired) electrons. The summed E-state index contributed by atoms with van der Waals surface area (Å²) in [7, 11) is 0. The highest BCUT2D eigenvalue weighted by molar-refractivity contribution is 7.99. The lowest BCUT2D eigenvalue weighted by molar-refractivity contribution is 0.113. The first-order valence-electron chi connectivity index (χ1n) is 5.58. The van der Waals surface area contributed by atoms with Crippen molar-refractivity contribution in [3.8, 4) is 0 Å². The molecule has 0 aliphatic heterocycles. The molecule has 0 spiro atoms. The van der Waals surface area contributed by atoms with Gasteiger partial charge in [-0.05, 0) is 24.2 Å². The van der Waals surface area contributed by atoms with Gasteiger partial charge in [0.05, 0.1) is 12.7 Å². The molecular formula is C12H18ClNO2S. The van der Waals surface area contributed by atoms with Crippen LogP contribution in [-0.4, -0.2) is 35.2 Å². The standard InChI is InChI=1S/C12H18ClNO2S/c1-2-14-6-9-3-4-11(5-12(9)13)17-8-10(16)7-15/h3-5,10,14-16H,2,6-8H2,1H3. The summed E-state index contributed by atoms with van der Waals surface area (Å²) >= 11 is 7.63. The van der Waals surface area contributed by atoms with Crippen LogP contribution in [0.4, 0.5) is 0 Å². The van der Waals surface area contributed by atoms with Crippen molar-refractivity contribution in [2.45, 2.75) is 24.5 Å². The topological polar surface area (TPSA) is 52.5 Å². The van der Waals surface area contributed by atoms with Crippen molar-refractivity contribution < 1.29 is 10.2 Å². The third-order valence-electron chi connectivity index (χ3n) is 2.24. The molecule has 1 atom stereocenters. The van der Waals surface area contributed by atoms with Crippen LogP contribution in [0.15, 0.2) is 23.1 Å². The summed E-state index contributed by atoms with van der Waals surface area (Å²) in [6, 6.07) is 5.86. The molecule has 0 amide bonds. The Hall–Kier alpha value is -0.260. The molecule has 0 aromatic heterocycles. The fraction of sp³-hybridized carbons (Fsp3) is 0.500. The Bertz CT molecular complexity index is 349. The maximum Gasteiger partial charge on any atom is 0.0864 e. The largest absolute Gasteiger partial charge is 0.394 e. The van der Waals surface area contributed by atoms with Crippen LogP contribution in [0, 0.1) is 0 Å². The van der Waals surface area contributed by atoms with Gasteiger partial charge in [0.15, 0.2) is 0 Å². The zero-order valence-corrected chi connectivity index (χ0v) is 11.4. The van der Waals surface area contributed by atoms with Crippen LogP contribution < -0.4 is 5.32 Å². The molecular weight excluding hydrogens is 258 g/mol. The molecule has 1 rings (SSSR count). The van der Waals surface area contributed by atoms with E-state index in [4.69, 9.17) is 16.7 Å². The van der Waals surface area contributed by atoms with Gasteiger partial charge >= 0.3 is 0 Å². The Balaban J connectivity index is 2.55. The molecule has 1 aromatic carbocycles. The summed E-state index contributed by atoms with van der Waals surface area (Å²) in [4.78, 5) is 1.00. The van der Waals surface area contributed by atoms with Crippen molar-refractivity contribution in [3.05, 3.63) is 28.8 Å². The summed E-state index contributed by atoms with van der Waals surface area (Å²) in [5.41, 5.74) is 1.07. The number of benzene rings is 1. The van der Waals surface area contributed by atoms with Crippen molar-refractivity contribution in [3.63, 3.8) is 0 Å². The lowest BCUT2D eigenvalue weighted by Crippen LogP contribution is -2.14. The van der Waals surface area contributed by atoms with Gasteiger partial charge in [-0.25, -0.2) is 0 Å². The molecule has 0 saturated carbocycles. The Kier molecular flexibility index (Phi) is 6.92. The molecule has 17 heavy (non-hydrogen) atoms. The molecule has 0 aliphatic rings. The first-order chi connectivity index (χ1) is 8.17. The monoisotopic (exact) mass is 275 g/mol. The zero-order chi connectivity index (χ0) is 12.7. The predicted molar refractivity (Wildman–Crippen MR) is 72.6 cm³/mol. The van der Waals surface area contributed by atoms with E-state index in [1.165, 1.54) is 11.8 Å². The minimum absolute atomic E-state index is 0.209. The lowest BCUT2D eigenvalue weighted by atomic mass is 10.2. The molecule has 96 valence electrons. The van der Waals surface area contributed by atoms with Crippen molar-refractivity contribution in [1.29, 1.82) is 0 Å². The van der Waals surface area contributed by atoms with Crippen LogP contribution in [0.5, 0.6) is 0 Å². The van der Waals surface area contributed by atoms with Crippen LogP contribution in [-0.2, 0) is 6.54 Å². The van der Waals surface area contributed by atoms with E-state index in [2.05, 4.69) is 12.2 Å². The summed E-state index contributed by atoms with van der Waals surface area (Å²) < 4.78 is 0. The number of rotatable bonds is 7. The van der Waals surface area contributed by atoms with E-state index in [1.54, 1.807) is 0 Å². The molecule has 5 heteroatoms. The minimum atomic E-state index is -0.680. The first-order valence-corrected chi connectivity index (χ1v) is 6.94. The number of thioether (sulfide) groups is 1. The second-order valence-corrected chi connectivity index (χ2v) is 5.18. The molecule has 1 aromatic rings. The molecule has 0 aliphatic carbocycles. The van der Waals surface area contributed by atoms with Crippen LogP contribution in [0.1, 0.15) is 12.5 Å². The van der Waals surface area contributed by atoms with Gasteiger partial charge in [-0.3, -0.25) is 0 Å². The van der Waals surface area contributed by atoms with Crippen LogP contribution in [0.2, 0.25) is 5.02 Å². The van der Waals surface area contributed by atoms with Gasteiger partial charge in [-0.15, -0.1) is 11.8 Å². The number of aliphatic hydroxyl groups is 2. The van der Waals surface area contributed by atoms with Gasteiger partial charge in [0.25, 0.3) is 0 Å². The van der Waals surface area contributed by atoms with Crippen molar-refractivity contribution in [2.75, 3.05) is 18.9 Å². The SMILES string of the molecule is CCNCc1ccc(SCC(O)CO)cc1Cl. The van der Waals surface area contributed by atoms with E-state index in [9.17, 15) is 5.11 Å². The molecule has 0 heterocycles. The van der Waals surface area contributed by atoms with E-state index in [1.807, 2.05) is 18.2 Å². The first kappa shape index (κ1) is 14.8. The Morgan fingerprint density at radius 3 is 2.82 bits per heavy atom. The van der Waals surface area contributed by atoms with E-state index in [0.717, 1.165) is 28.6 Å². The van der Waals surface area contributed by atoms with Crippen molar-refractivity contribution in [2.24, 2.45) is 0 Å². The summed E-state index contributed by atoms with van der Waals surface area (Å²) in [5.74, 6) is 0.472. The zero-order valence-electron chi connectivity index (χ0n) is 9.82. The molecule has 0 saturated heterocycles.